The van der Waals surface area contributed by atoms with E-state index in [1.807, 2.05) is 17.4 Å². The normalized spacial score (nSPS) is 12.8. The first-order chi connectivity index (χ1) is 7.90. The lowest BCUT2D eigenvalue weighted by molar-refractivity contribution is 0.496. The van der Waals surface area contributed by atoms with Crippen LogP contribution in [0.1, 0.15) is 36.2 Å². The lowest BCUT2D eigenvalue weighted by Crippen LogP contribution is -2.19. The molecular formula is C13H17NOS. The highest BCUT2D eigenvalue weighted by Gasteiger charge is 2.10. The topological polar surface area (TPSA) is 25.2 Å². The molecule has 2 aromatic heterocycles. The maximum atomic E-state index is 5.06. The van der Waals surface area contributed by atoms with Crippen molar-refractivity contribution in [3.63, 3.8) is 0 Å². The van der Waals surface area contributed by atoms with Crippen molar-refractivity contribution >= 4 is 11.3 Å². The summed E-state index contributed by atoms with van der Waals surface area (Å²) in [6, 6.07) is 6.79. The molecule has 0 fully saturated rings. The molecule has 0 aliphatic rings. The summed E-state index contributed by atoms with van der Waals surface area (Å²) in [5.74, 6) is 0. The van der Waals surface area contributed by atoms with Gasteiger partial charge in [0.2, 0.25) is 0 Å². The zero-order valence-corrected chi connectivity index (χ0v) is 10.3. The Kier molecular flexibility index (Phi) is 4.19. The molecule has 0 saturated carbocycles. The maximum Gasteiger partial charge on any atom is 0.0947 e. The molecule has 1 atom stereocenters. The second kappa shape index (κ2) is 5.87. The van der Waals surface area contributed by atoms with Crippen molar-refractivity contribution < 1.29 is 4.42 Å². The van der Waals surface area contributed by atoms with E-state index in [1.165, 1.54) is 23.3 Å². The first-order valence-corrected chi connectivity index (χ1v) is 6.56. The van der Waals surface area contributed by atoms with Crippen molar-refractivity contribution in [3.05, 3.63) is 46.5 Å². The molecule has 0 saturated heterocycles. The first kappa shape index (κ1) is 11.4. The third-order valence-corrected chi connectivity index (χ3v) is 3.58. The van der Waals surface area contributed by atoms with Crippen LogP contribution in [-0.2, 0) is 6.54 Å². The Morgan fingerprint density at radius 1 is 1.44 bits per heavy atom. The van der Waals surface area contributed by atoms with Crippen LogP contribution < -0.4 is 5.32 Å². The van der Waals surface area contributed by atoms with Gasteiger partial charge < -0.3 is 9.73 Å². The van der Waals surface area contributed by atoms with Gasteiger partial charge >= 0.3 is 0 Å². The molecule has 1 N–H and O–H groups in total. The Morgan fingerprint density at radius 3 is 3.00 bits per heavy atom. The van der Waals surface area contributed by atoms with Crippen LogP contribution in [0.25, 0.3) is 0 Å². The lowest BCUT2D eigenvalue weighted by Gasteiger charge is -2.15. The molecule has 0 radical (unpaired) electrons. The molecule has 0 bridgehead atoms. The average Bonchev–Trinajstić information content (AvgIpc) is 2.96. The predicted molar refractivity (Wildman–Crippen MR) is 67.5 cm³/mol. The summed E-state index contributed by atoms with van der Waals surface area (Å²) < 4.78 is 5.06. The Bertz CT molecular complexity index is 380. The summed E-state index contributed by atoms with van der Waals surface area (Å²) in [7, 11) is 0. The van der Waals surface area contributed by atoms with Gasteiger partial charge in [0.15, 0.2) is 0 Å². The van der Waals surface area contributed by atoms with E-state index in [4.69, 9.17) is 4.42 Å². The second-order valence-electron chi connectivity index (χ2n) is 3.87. The van der Waals surface area contributed by atoms with Gasteiger partial charge in [-0.15, -0.1) is 11.3 Å². The minimum absolute atomic E-state index is 0.472. The van der Waals surface area contributed by atoms with Crippen molar-refractivity contribution in [2.45, 2.75) is 32.4 Å². The van der Waals surface area contributed by atoms with Crippen molar-refractivity contribution in [1.82, 2.24) is 5.32 Å². The van der Waals surface area contributed by atoms with Crippen LogP contribution in [-0.4, -0.2) is 0 Å². The van der Waals surface area contributed by atoms with Crippen LogP contribution in [0.3, 0.4) is 0 Å². The van der Waals surface area contributed by atoms with E-state index >= 15 is 0 Å². The van der Waals surface area contributed by atoms with E-state index in [9.17, 15) is 0 Å². The summed E-state index contributed by atoms with van der Waals surface area (Å²) in [5.41, 5.74) is 1.21. The third kappa shape index (κ3) is 2.97. The molecule has 0 aromatic carbocycles. The summed E-state index contributed by atoms with van der Waals surface area (Å²) in [6.07, 6.45) is 5.89. The van der Waals surface area contributed by atoms with E-state index in [0.717, 1.165) is 6.54 Å². The molecule has 2 heterocycles. The number of nitrogens with one attached hydrogen (secondary N) is 1. The number of hydrogen-bond acceptors (Lipinski definition) is 3. The maximum absolute atomic E-state index is 5.06. The Balaban J connectivity index is 1.93. The monoisotopic (exact) mass is 235 g/mol. The Hall–Kier alpha value is -1.06. The molecule has 16 heavy (non-hydrogen) atoms. The molecule has 0 spiro atoms. The van der Waals surface area contributed by atoms with Crippen LogP contribution in [0.4, 0.5) is 0 Å². The van der Waals surface area contributed by atoms with Gasteiger partial charge in [-0.1, -0.05) is 19.4 Å². The molecule has 3 heteroatoms. The van der Waals surface area contributed by atoms with E-state index < -0.39 is 0 Å². The van der Waals surface area contributed by atoms with Gasteiger partial charge in [-0.05, 0) is 23.9 Å². The standard InChI is InChI=1S/C13H17NOS/c1-2-4-12(13-5-3-8-16-13)14-9-11-6-7-15-10-11/h3,5-8,10,12,14H,2,4,9H2,1H3. The van der Waals surface area contributed by atoms with Crippen molar-refractivity contribution in [3.8, 4) is 0 Å². The van der Waals surface area contributed by atoms with Crippen LogP contribution in [0, 0.1) is 0 Å². The Labute approximate surface area is 100 Å². The highest BCUT2D eigenvalue weighted by Crippen LogP contribution is 2.23. The molecule has 1 unspecified atom stereocenters. The fourth-order valence-electron chi connectivity index (χ4n) is 1.76. The molecule has 0 amide bonds. The molecule has 86 valence electrons. The molecule has 0 aliphatic heterocycles. The number of hydrogen-bond donors (Lipinski definition) is 1. The fourth-order valence-corrected chi connectivity index (χ4v) is 2.59. The highest BCUT2D eigenvalue weighted by atomic mass is 32.1. The predicted octanol–water partition coefficient (Wildman–Crippen LogP) is 3.97. The number of rotatable bonds is 6. The van der Waals surface area contributed by atoms with Gasteiger partial charge in [-0.25, -0.2) is 0 Å². The van der Waals surface area contributed by atoms with Crippen molar-refractivity contribution in [2.75, 3.05) is 0 Å². The Morgan fingerprint density at radius 2 is 2.38 bits per heavy atom. The molecule has 0 aliphatic carbocycles. The largest absolute Gasteiger partial charge is 0.472 e. The summed E-state index contributed by atoms with van der Waals surface area (Å²) in [4.78, 5) is 1.42. The fraction of sp³-hybridized carbons (Fsp3) is 0.385. The highest BCUT2D eigenvalue weighted by molar-refractivity contribution is 7.10. The van der Waals surface area contributed by atoms with Gasteiger partial charge in [-0.2, -0.15) is 0 Å². The zero-order valence-electron chi connectivity index (χ0n) is 9.48. The number of furan rings is 1. The van der Waals surface area contributed by atoms with Crippen LogP contribution >= 0.6 is 11.3 Å². The number of thiophene rings is 1. The van der Waals surface area contributed by atoms with Crippen molar-refractivity contribution in [1.29, 1.82) is 0 Å². The summed E-state index contributed by atoms with van der Waals surface area (Å²) in [6.45, 7) is 3.10. The minimum atomic E-state index is 0.472. The van der Waals surface area contributed by atoms with Crippen molar-refractivity contribution in [2.24, 2.45) is 0 Å². The van der Waals surface area contributed by atoms with E-state index in [1.54, 1.807) is 12.5 Å². The van der Waals surface area contributed by atoms with Gasteiger partial charge in [0.25, 0.3) is 0 Å². The SMILES string of the molecule is CCCC(NCc1ccoc1)c1cccs1. The smallest absolute Gasteiger partial charge is 0.0947 e. The van der Waals surface area contributed by atoms with Crippen LogP contribution in [0.2, 0.25) is 0 Å². The molecule has 2 aromatic rings. The summed E-state index contributed by atoms with van der Waals surface area (Å²) in [5, 5.41) is 5.71. The second-order valence-corrected chi connectivity index (χ2v) is 4.85. The first-order valence-electron chi connectivity index (χ1n) is 5.68. The zero-order chi connectivity index (χ0) is 11.2. The van der Waals surface area contributed by atoms with E-state index in [-0.39, 0.29) is 0 Å². The van der Waals surface area contributed by atoms with Crippen LogP contribution in [0.5, 0.6) is 0 Å². The van der Waals surface area contributed by atoms with Gasteiger partial charge in [0.1, 0.15) is 0 Å². The van der Waals surface area contributed by atoms with E-state index in [0.29, 0.717) is 6.04 Å². The van der Waals surface area contributed by atoms with Gasteiger partial charge in [0, 0.05) is 23.0 Å². The quantitative estimate of drug-likeness (QED) is 0.819. The lowest BCUT2D eigenvalue weighted by atomic mass is 10.1. The molecular weight excluding hydrogens is 218 g/mol. The van der Waals surface area contributed by atoms with Gasteiger partial charge in [-0.3, -0.25) is 0 Å². The van der Waals surface area contributed by atoms with E-state index in [2.05, 4.69) is 29.8 Å². The van der Waals surface area contributed by atoms with Gasteiger partial charge in [0.05, 0.1) is 12.5 Å². The minimum Gasteiger partial charge on any atom is -0.472 e. The third-order valence-electron chi connectivity index (χ3n) is 2.60. The molecule has 2 nitrogen and oxygen atoms in total. The van der Waals surface area contributed by atoms with Crippen LogP contribution in [0.15, 0.2) is 40.5 Å². The molecule has 2 rings (SSSR count). The average molecular weight is 235 g/mol. The summed E-state index contributed by atoms with van der Waals surface area (Å²) >= 11 is 1.82.